The van der Waals surface area contributed by atoms with Crippen molar-refractivity contribution in [3.05, 3.63) is 50.4 Å². The first kappa shape index (κ1) is 25.3. The highest BCUT2D eigenvalue weighted by Gasteiger charge is 2.24. The van der Waals surface area contributed by atoms with Crippen LogP contribution in [0.3, 0.4) is 0 Å². The number of carbonyl (C=O) groups is 2. The number of nitrogens with zero attached hydrogens (tertiary/aromatic N) is 4. The maximum absolute atomic E-state index is 13.1. The van der Waals surface area contributed by atoms with Crippen molar-refractivity contribution >= 4 is 34.5 Å². The molecule has 0 spiro atoms. The summed E-state index contributed by atoms with van der Waals surface area (Å²) >= 11 is 2.94. The van der Waals surface area contributed by atoms with E-state index >= 15 is 0 Å². The summed E-state index contributed by atoms with van der Waals surface area (Å²) in [6, 6.07) is 5.24. The summed E-state index contributed by atoms with van der Waals surface area (Å²) in [5, 5.41) is 3.39. The first-order valence-electron chi connectivity index (χ1n) is 11.7. The van der Waals surface area contributed by atoms with E-state index in [1.807, 2.05) is 31.1 Å². The summed E-state index contributed by atoms with van der Waals surface area (Å²) in [5.41, 5.74) is 8.41. The minimum atomic E-state index is -0.476. The van der Waals surface area contributed by atoms with Crippen LogP contribution in [0.25, 0.3) is 10.6 Å². The third kappa shape index (κ3) is 6.06. The first-order valence-corrected chi connectivity index (χ1v) is 13.4. The number of thiazole rings is 2. The predicted molar refractivity (Wildman–Crippen MR) is 140 cm³/mol. The van der Waals surface area contributed by atoms with Crippen molar-refractivity contribution in [2.75, 3.05) is 33.2 Å². The molecule has 0 atom stereocenters. The summed E-state index contributed by atoms with van der Waals surface area (Å²) in [7, 11) is 2.08. The Morgan fingerprint density at radius 3 is 2.71 bits per heavy atom. The number of likely N-dealkylation sites (N-methyl/N-ethyl adjacent to an activating group) is 1. The first-order chi connectivity index (χ1) is 16.7. The van der Waals surface area contributed by atoms with Crippen LogP contribution >= 0.6 is 22.7 Å². The predicted octanol–water partition coefficient (Wildman–Crippen LogP) is 3.83. The molecule has 0 bridgehead atoms. The third-order valence-corrected chi connectivity index (χ3v) is 7.84. The highest BCUT2D eigenvalue weighted by Crippen LogP contribution is 2.33. The lowest BCUT2D eigenvalue weighted by atomic mass is 10.1. The number of hydrogen-bond donors (Lipinski definition) is 1. The Labute approximate surface area is 213 Å². The van der Waals surface area contributed by atoms with Crippen molar-refractivity contribution in [3.63, 3.8) is 0 Å². The standard InChI is InChI=1S/C25H31N5O3S2/c1-15(2)33-20-7-6-17(23(26)31)12-18(20)13-21-28-19(14-34-21)22-16(3)27-24(35-22)25(32)30-9-5-8-29(4)10-11-30/h6-7,12,14-15H,5,8-11,13H2,1-4H3,(H2,26,31). The van der Waals surface area contributed by atoms with E-state index in [9.17, 15) is 9.59 Å². The Morgan fingerprint density at radius 2 is 1.97 bits per heavy atom. The number of nitrogens with two attached hydrogens (primary N) is 1. The molecule has 1 aliphatic rings. The number of primary amides is 1. The molecule has 4 rings (SSSR count). The molecule has 2 amide bonds. The van der Waals surface area contributed by atoms with Crippen LogP contribution in [-0.2, 0) is 6.42 Å². The Bertz CT molecular complexity index is 1220. The number of ether oxygens (including phenoxy) is 1. The van der Waals surface area contributed by atoms with Crippen molar-refractivity contribution in [1.29, 1.82) is 0 Å². The van der Waals surface area contributed by atoms with Gasteiger partial charge in [0.1, 0.15) is 5.75 Å². The van der Waals surface area contributed by atoms with Crippen LogP contribution in [0.5, 0.6) is 5.75 Å². The van der Waals surface area contributed by atoms with Gasteiger partial charge >= 0.3 is 0 Å². The van der Waals surface area contributed by atoms with E-state index in [1.165, 1.54) is 22.7 Å². The fourth-order valence-electron chi connectivity index (χ4n) is 4.01. The molecule has 3 heterocycles. The van der Waals surface area contributed by atoms with E-state index in [0.29, 0.717) is 22.7 Å². The molecule has 0 aliphatic carbocycles. The molecule has 0 saturated carbocycles. The SMILES string of the molecule is Cc1nc(C(=O)N2CCCN(C)CC2)sc1-c1csc(Cc2cc(C(N)=O)ccc2OC(C)C)n1. The second-order valence-corrected chi connectivity index (χ2v) is 11.0. The molecule has 1 fully saturated rings. The van der Waals surface area contributed by atoms with Gasteiger partial charge in [0.05, 0.1) is 27.4 Å². The zero-order chi connectivity index (χ0) is 25.1. The summed E-state index contributed by atoms with van der Waals surface area (Å²) in [6.45, 7) is 9.18. The number of hydrogen-bond acceptors (Lipinski definition) is 8. The summed E-state index contributed by atoms with van der Waals surface area (Å²) in [6.07, 6.45) is 1.48. The molecule has 10 heteroatoms. The number of amides is 2. The van der Waals surface area contributed by atoms with Crippen molar-refractivity contribution in [1.82, 2.24) is 19.8 Å². The largest absolute Gasteiger partial charge is 0.491 e. The smallest absolute Gasteiger partial charge is 0.282 e. The van der Waals surface area contributed by atoms with E-state index in [4.69, 9.17) is 15.5 Å². The zero-order valence-corrected chi connectivity index (χ0v) is 22.2. The number of aromatic nitrogens is 2. The number of aryl methyl sites for hydroxylation is 1. The maximum atomic E-state index is 13.1. The molecule has 2 aromatic heterocycles. The van der Waals surface area contributed by atoms with E-state index < -0.39 is 5.91 Å². The summed E-state index contributed by atoms with van der Waals surface area (Å²) in [5.74, 6) is 0.233. The van der Waals surface area contributed by atoms with Crippen LogP contribution in [0.15, 0.2) is 23.6 Å². The van der Waals surface area contributed by atoms with E-state index in [0.717, 1.165) is 59.4 Å². The molecule has 8 nitrogen and oxygen atoms in total. The van der Waals surface area contributed by atoms with Crippen LogP contribution in [0.2, 0.25) is 0 Å². The molecule has 1 aliphatic heterocycles. The van der Waals surface area contributed by atoms with Gasteiger partial charge in [-0.1, -0.05) is 0 Å². The van der Waals surface area contributed by atoms with Gasteiger partial charge in [-0.15, -0.1) is 22.7 Å². The van der Waals surface area contributed by atoms with Gasteiger partial charge in [-0.2, -0.15) is 0 Å². The Hall–Kier alpha value is -2.82. The average molecular weight is 514 g/mol. The van der Waals surface area contributed by atoms with Crippen molar-refractivity contribution in [2.24, 2.45) is 5.73 Å². The molecule has 3 aromatic rings. The van der Waals surface area contributed by atoms with Crippen LogP contribution < -0.4 is 10.5 Å². The van der Waals surface area contributed by atoms with Gasteiger partial charge in [-0.3, -0.25) is 9.59 Å². The molecule has 0 unspecified atom stereocenters. The number of carbonyl (C=O) groups excluding carboxylic acids is 2. The zero-order valence-electron chi connectivity index (χ0n) is 20.5. The van der Waals surface area contributed by atoms with Crippen LogP contribution in [0, 0.1) is 6.92 Å². The van der Waals surface area contributed by atoms with Crippen LogP contribution in [-0.4, -0.2) is 70.9 Å². The molecule has 1 aromatic carbocycles. The molecule has 35 heavy (non-hydrogen) atoms. The second kappa shape index (κ2) is 10.8. The topological polar surface area (TPSA) is 102 Å². The highest BCUT2D eigenvalue weighted by molar-refractivity contribution is 7.17. The molecule has 1 saturated heterocycles. The minimum Gasteiger partial charge on any atom is -0.491 e. The van der Waals surface area contributed by atoms with Gasteiger partial charge in [-0.05, 0) is 59.0 Å². The molecular formula is C25H31N5O3S2. The Kier molecular flexibility index (Phi) is 7.83. The van der Waals surface area contributed by atoms with E-state index in [2.05, 4.69) is 16.9 Å². The second-order valence-electron chi connectivity index (χ2n) is 9.04. The molecule has 0 radical (unpaired) electrons. The van der Waals surface area contributed by atoms with Crippen LogP contribution in [0.1, 0.15) is 56.7 Å². The van der Waals surface area contributed by atoms with Gasteiger partial charge in [-0.25, -0.2) is 9.97 Å². The average Bonchev–Trinajstić information content (AvgIpc) is 3.35. The quantitative estimate of drug-likeness (QED) is 0.515. The van der Waals surface area contributed by atoms with Gasteiger partial charge < -0.3 is 20.3 Å². The highest BCUT2D eigenvalue weighted by atomic mass is 32.1. The third-order valence-electron chi connectivity index (χ3n) is 5.82. The fourth-order valence-corrected chi connectivity index (χ4v) is 5.89. The summed E-state index contributed by atoms with van der Waals surface area (Å²) in [4.78, 5) is 39.3. The van der Waals surface area contributed by atoms with E-state index in [-0.39, 0.29) is 12.0 Å². The van der Waals surface area contributed by atoms with Crippen molar-refractivity contribution in [2.45, 2.75) is 39.7 Å². The van der Waals surface area contributed by atoms with Gasteiger partial charge in [0.2, 0.25) is 5.91 Å². The molecular weight excluding hydrogens is 482 g/mol. The van der Waals surface area contributed by atoms with Gasteiger partial charge in [0, 0.05) is 42.6 Å². The molecule has 186 valence electrons. The lowest BCUT2D eigenvalue weighted by Gasteiger charge is -2.19. The maximum Gasteiger partial charge on any atom is 0.282 e. The fraction of sp³-hybridized carbons (Fsp3) is 0.440. The van der Waals surface area contributed by atoms with Crippen LogP contribution in [0.4, 0.5) is 0 Å². The minimum absolute atomic E-state index is 0.000403. The lowest BCUT2D eigenvalue weighted by Crippen LogP contribution is -2.34. The Morgan fingerprint density at radius 1 is 1.17 bits per heavy atom. The monoisotopic (exact) mass is 513 g/mol. The molecule has 2 N–H and O–H groups in total. The number of rotatable bonds is 7. The van der Waals surface area contributed by atoms with Crippen molar-refractivity contribution < 1.29 is 14.3 Å². The van der Waals surface area contributed by atoms with Gasteiger partial charge in [0.25, 0.3) is 5.91 Å². The summed E-state index contributed by atoms with van der Waals surface area (Å²) < 4.78 is 5.94. The number of benzene rings is 1. The Balaban J connectivity index is 1.55. The van der Waals surface area contributed by atoms with Crippen molar-refractivity contribution in [3.8, 4) is 16.3 Å². The lowest BCUT2D eigenvalue weighted by molar-refractivity contribution is 0.0762. The normalized spacial score (nSPS) is 14.8. The van der Waals surface area contributed by atoms with Gasteiger partial charge in [0.15, 0.2) is 5.01 Å². The van der Waals surface area contributed by atoms with E-state index in [1.54, 1.807) is 18.2 Å².